The second-order valence-corrected chi connectivity index (χ2v) is 6.36. The predicted octanol–water partition coefficient (Wildman–Crippen LogP) is 4.21. The van der Waals surface area contributed by atoms with Gasteiger partial charge in [0, 0.05) is 36.5 Å². The molecule has 0 radical (unpaired) electrons. The Morgan fingerprint density at radius 2 is 1.77 bits per heavy atom. The van der Waals surface area contributed by atoms with Gasteiger partial charge in [-0.1, -0.05) is 48.5 Å². The number of fused-ring (bicyclic) bond motifs is 1. The third-order valence-electron chi connectivity index (χ3n) is 4.44. The Morgan fingerprint density at radius 1 is 0.962 bits per heavy atom. The van der Waals surface area contributed by atoms with E-state index >= 15 is 0 Å². The first kappa shape index (κ1) is 17.8. The van der Waals surface area contributed by atoms with E-state index in [1.807, 2.05) is 49.4 Å². The first-order valence-corrected chi connectivity index (χ1v) is 8.83. The van der Waals surface area contributed by atoms with Crippen LogP contribution in [0.4, 0.5) is 0 Å². The summed E-state index contributed by atoms with van der Waals surface area (Å²) in [6.45, 7) is 2.50. The van der Waals surface area contributed by atoms with E-state index in [9.17, 15) is 9.59 Å². The number of aromatic nitrogens is 1. The smallest absolute Gasteiger partial charge is 0.220 e. The molecule has 1 heterocycles. The third kappa shape index (κ3) is 4.33. The van der Waals surface area contributed by atoms with E-state index < -0.39 is 0 Å². The number of pyridine rings is 1. The van der Waals surface area contributed by atoms with Crippen LogP contribution in [0, 0.1) is 6.92 Å². The second-order valence-electron chi connectivity index (χ2n) is 6.36. The molecule has 4 heteroatoms. The van der Waals surface area contributed by atoms with Gasteiger partial charge in [0.15, 0.2) is 5.78 Å². The normalized spacial score (nSPS) is 10.7. The topological polar surface area (TPSA) is 59.1 Å². The van der Waals surface area contributed by atoms with Gasteiger partial charge >= 0.3 is 0 Å². The minimum Gasteiger partial charge on any atom is -0.352 e. The Hall–Kier alpha value is -3.01. The molecule has 1 aromatic heterocycles. The molecule has 0 aliphatic carbocycles. The van der Waals surface area contributed by atoms with Crippen molar-refractivity contribution in [3.05, 3.63) is 77.5 Å². The van der Waals surface area contributed by atoms with Gasteiger partial charge in [0.1, 0.15) is 0 Å². The summed E-state index contributed by atoms with van der Waals surface area (Å²) in [5, 5.41) is 4.01. The van der Waals surface area contributed by atoms with Gasteiger partial charge < -0.3 is 5.32 Å². The van der Waals surface area contributed by atoms with Crippen molar-refractivity contribution >= 4 is 22.6 Å². The first-order valence-electron chi connectivity index (χ1n) is 8.83. The number of nitrogens with zero attached hydrogens (tertiary/aromatic N) is 1. The average molecular weight is 346 g/mol. The van der Waals surface area contributed by atoms with E-state index in [0.717, 1.165) is 22.0 Å². The Bertz CT molecular complexity index is 920. The quantitative estimate of drug-likeness (QED) is 0.652. The van der Waals surface area contributed by atoms with Crippen LogP contribution in [-0.4, -0.2) is 16.7 Å². The van der Waals surface area contributed by atoms with Gasteiger partial charge in [-0.3, -0.25) is 14.6 Å². The number of aryl methyl sites for hydroxylation is 1. The van der Waals surface area contributed by atoms with E-state index in [1.165, 1.54) is 0 Å². The minimum atomic E-state index is -0.0384. The van der Waals surface area contributed by atoms with Crippen LogP contribution in [0.5, 0.6) is 0 Å². The largest absolute Gasteiger partial charge is 0.352 e. The molecule has 0 aliphatic heterocycles. The number of amides is 1. The van der Waals surface area contributed by atoms with Gasteiger partial charge in [-0.2, -0.15) is 0 Å². The second kappa shape index (κ2) is 8.39. The zero-order chi connectivity index (χ0) is 18.4. The number of hydrogen-bond acceptors (Lipinski definition) is 3. The number of nitrogens with one attached hydrogen (secondary N) is 1. The fourth-order valence-electron chi connectivity index (χ4n) is 2.99. The summed E-state index contributed by atoms with van der Waals surface area (Å²) in [5.74, 6) is 0.0393. The highest BCUT2D eigenvalue weighted by molar-refractivity contribution is 5.96. The maximum atomic E-state index is 12.1. The summed E-state index contributed by atoms with van der Waals surface area (Å²) in [4.78, 5) is 28.6. The Morgan fingerprint density at radius 3 is 2.58 bits per heavy atom. The van der Waals surface area contributed by atoms with E-state index in [-0.39, 0.29) is 11.7 Å². The Balaban J connectivity index is 1.51. The zero-order valence-electron chi connectivity index (χ0n) is 14.9. The van der Waals surface area contributed by atoms with Crippen molar-refractivity contribution in [2.45, 2.75) is 32.7 Å². The molecule has 3 aromatic rings. The molecule has 0 saturated heterocycles. The van der Waals surface area contributed by atoms with Crippen LogP contribution >= 0.6 is 0 Å². The molecular weight excluding hydrogens is 324 g/mol. The maximum Gasteiger partial charge on any atom is 0.220 e. The van der Waals surface area contributed by atoms with Crippen molar-refractivity contribution in [1.29, 1.82) is 0 Å². The van der Waals surface area contributed by atoms with E-state index in [1.54, 1.807) is 18.3 Å². The molecule has 0 bridgehead atoms. The number of hydrogen-bond donors (Lipinski definition) is 1. The highest BCUT2D eigenvalue weighted by atomic mass is 16.1. The molecule has 132 valence electrons. The molecule has 1 N–H and O–H groups in total. The molecule has 0 fully saturated rings. The number of carbonyl (C=O) groups is 2. The van der Waals surface area contributed by atoms with Crippen LogP contribution < -0.4 is 5.32 Å². The third-order valence-corrected chi connectivity index (χ3v) is 4.44. The summed E-state index contributed by atoms with van der Waals surface area (Å²) in [6, 6.07) is 17.2. The molecule has 2 aromatic carbocycles. The van der Waals surface area contributed by atoms with E-state index in [0.29, 0.717) is 31.4 Å². The Kier molecular flexibility index (Phi) is 5.74. The number of Topliss-reactive ketones (excluding diaryl/α,β-unsaturated/α-hetero) is 1. The standard InChI is InChI=1S/C22H22N2O2/c1-16-12-13-18(19-9-6-14-23-22(16)19)15-24-21(26)11-5-10-20(25)17-7-3-2-4-8-17/h2-4,6-9,12-14H,5,10-11,15H2,1H3,(H,24,26). The van der Waals surface area contributed by atoms with Crippen molar-refractivity contribution in [3.8, 4) is 0 Å². The lowest BCUT2D eigenvalue weighted by Crippen LogP contribution is -2.22. The van der Waals surface area contributed by atoms with E-state index in [4.69, 9.17) is 0 Å². The SMILES string of the molecule is Cc1ccc(CNC(=O)CCCC(=O)c2ccccc2)c2cccnc12. The molecular formula is C22H22N2O2. The van der Waals surface area contributed by atoms with Crippen molar-refractivity contribution in [2.24, 2.45) is 0 Å². The van der Waals surface area contributed by atoms with Gasteiger partial charge in [-0.05, 0) is 30.5 Å². The van der Waals surface area contributed by atoms with Gasteiger partial charge in [-0.15, -0.1) is 0 Å². The summed E-state index contributed by atoms with van der Waals surface area (Å²) in [5.41, 5.74) is 3.83. The van der Waals surface area contributed by atoms with Crippen LogP contribution in [0.1, 0.15) is 40.7 Å². The lowest BCUT2D eigenvalue weighted by Gasteiger charge is -2.09. The Labute approximate surface area is 153 Å². The summed E-state index contributed by atoms with van der Waals surface area (Å²) in [6.07, 6.45) is 3.06. The molecule has 26 heavy (non-hydrogen) atoms. The molecule has 0 unspecified atom stereocenters. The van der Waals surface area contributed by atoms with Crippen LogP contribution in [0.15, 0.2) is 60.8 Å². The summed E-state index contributed by atoms with van der Waals surface area (Å²) in [7, 11) is 0. The van der Waals surface area contributed by atoms with Crippen molar-refractivity contribution in [3.63, 3.8) is 0 Å². The van der Waals surface area contributed by atoms with Gasteiger partial charge in [0.05, 0.1) is 5.52 Å². The average Bonchev–Trinajstić information content (AvgIpc) is 2.68. The van der Waals surface area contributed by atoms with Crippen molar-refractivity contribution < 1.29 is 9.59 Å². The van der Waals surface area contributed by atoms with Crippen LogP contribution in [0.2, 0.25) is 0 Å². The zero-order valence-corrected chi connectivity index (χ0v) is 14.9. The maximum absolute atomic E-state index is 12.1. The minimum absolute atomic E-state index is 0.0384. The highest BCUT2D eigenvalue weighted by Gasteiger charge is 2.09. The van der Waals surface area contributed by atoms with Crippen LogP contribution in [-0.2, 0) is 11.3 Å². The van der Waals surface area contributed by atoms with Gasteiger partial charge in [0.25, 0.3) is 0 Å². The van der Waals surface area contributed by atoms with Crippen LogP contribution in [0.25, 0.3) is 10.9 Å². The fraction of sp³-hybridized carbons (Fsp3) is 0.227. The highest BCUT2D eigenvalue weighted by Crippen LogP contribution is 2.20. The summed E-state index contributed by atoms with van der Waals surface area (Å²) >= 11 is 0. The number of benzene rings is 2. The molecule has 0 saturated carbocycles. The van der Waals surface area contributed by atoms with Gasteiger partial charge in [-0.25, -0.2) is 0 Å². The molecule has 0 atom stereocenters. The lowest BCUT2D eigenvalue weighted by atomic mass is 10.0. The van der Waals surface area contributed by atoms with E-state index in [2.05, 4.69) is 10.3 Å². The number of rotatable bonds is 7. The number of carbonyl (C=O) groups excluding carboxylic acids is 2. The molecule has 1 amide bonds. The van der Waals surface area contributed by atoms with Crippen LogP contribution in [0.3, 0.4) is 0 Å². The molecule has 4 nitrogen and oxygen atoms in total. The fourth-order valence-corrected chi connectivity index (χ4v) is 2.99. The molecule has 0 spiro atoms. The molecule has 0 aliphatic rings. The lowest BCUT2D eigenvalue weighted by molar-refractivity contribution is -0.121. The number of ketones is 1. The molecule has 3 rings (SSSR count). The monoisotopic (exact) mass is 346 g/mol. The predicted molar refractivity (Wildman–Crippen MR) is 103 cm³/mol. The van der Waals surface area contributed by atoms with Crippen molar-refractivity contribution in [2.75, 3.05) is 0 Å². The first-order chi connectivity index (χ1) is 12.6. The van der Waals surface area contributed by atoms with Crippen molar-refractivity contribution in [1.82, 2.24) is 10.3 Å². The van der Waals surface area contributed by atoms with Gasteiger partial charge in [0.2, 0.25) is 5.91 Å². The summed E-state index contributed by atoms with van der Waals surface area (Å²) < 4.78 is 0.